The zero-order valence-corrected chi connectivity index (χ0v) is 14.3. The predicted octanol–water partition coefficient (Wildman–Crippen LogP) is 3.66. The molecule has 2 aromatic carbocycles. The van der Waals surface area contributed by atoms with Crippen molar-refractivity contribution in [1.29, 1.82) is 0 Å². The first-order valence-electron chi connectivity index (χ1n) is 8.22. The Hall–Kier alpha value is -2.73. The first kappa shape index (κ1) is 17.1. The molecule has 130 valence electrons. The van der Waals surface area contributed by atoms with Crippen LogP contribution in [-0.2, 0) is 6.54 Å². The van der Waals surface area contributed by atoms with Crippen molar-refractivity contribution >= 4 is 0 Å². The first-order chi connectivity index (χ1) is 12.2. The van der Waals surface area contributed by atoms with Crippen LogP contribution in [0.25, 0.3) is 5.69 Å². The summed E-state index contributed by atoms with van der Waals surface area (Å²) in [6.07, 6.45) is 3.80. The molecule has 1 heterocycles. The van der Waals surface area contributed by atoms with Crippen molar-refractivity contribution < 1.29 is 9.13 Å². The summed E-state index contributed by atoms with van der Waals surface area (Å²) in [6.45, 7) is 2.70. The summed E-state index contributed by atoms with van der Waals surface area (Å²) < 4.78 is 20.9. The van der Waals surface area contributed by atoms with Gasteiger partial charge in [-0.3, -0.25) is 0 Å². The minimum atomic E-state index is -0.317. The second-order valence-electron chi connectivity index (χ2n) is 5.74. The maximum Gasteiger partial charge on any atom is 0.149 e. The summed E-state index contributed by atoms with van der Waals surface area (Å²) in [5, 5.41) is 7.44. The molecule has 0 fully saturated rings. The molecule has 0 aliphatic heterocycles. The van der Waals surface area contributed by atoms with Crippen LogP contribution in [0.15, 0.2) is 55.1 Å². The van der Waals surface area contributed by atoms with Gasteiger partial charge in [0.15, 0.2) is 0 Å². The average molecular weight is 340 g/mol. The third-order valence-electron chi connectivity index (χ3n) is 4.16. The molecule has 0 bridgehead atoms. The Kier molecular flexibility index (Phi) is 5.40. The Labute approximate surface area is 146 Å². The van der Waals surface area contributed by atoms with E-state index in [0.29, 0.717) is 12.2 Å². The number of aromatic nitrogens is 3. The van der Waals surface area contributed by atoms with E-state index in [1.54, 1.807) is 13.2 Å². The van der Waals surface area contributed by atoms with Crippen molar-refractivity contribution in [2.24, 2.45) is 0 Å². The molecule has 1 N–H and O–H groups in total. The van der Waals surface area contributed by atoms with Crippen LogP contribution in [0, 0.1) is 5.82 Å². The van der Waals surface area contributed by atoms with Gasteiger partial charge in [-0.25, -0.2) is 14.1 Å². The molecular formula is C19H21FN4O. The second kappa shape index (κ2) is 7.90. The summed E-state index contributed by atoms with van der Waals surface area (Å²) in [6, 6.07) is 13.3. The van der Waals surface area contributed by atoms with Crippen LogP contribution in [0.2, 0.25) is 0 Å². The van der Waals surface area contributed by atoms with E-state index in [2.05, 4.69) is 22.3 Å². The normalized spacial score (nSPS) is 12.1. The van der Waals surface area contributed by atoms with Crippen LogP contribution in [0.5, 0.6) is 5.75 Å². The fraction of sp³-hybridized carbons (Fsp3) is 0.263. The number of halogens is 1. The van der Waals surface area contributed by atoms with Gasteiger partial charge in [0.05, 0.1) is 7.11 Å². The molecule has 1 atom stereocenters. The van der Waals surface area contributed by atoms with E-state index in [-0.39, 0.29) is 11.9 Å². The Morgan fingerprint density at radius 2 is 2.00 bits per heavy atom. The number of methoxy groups -OCH3 is 1. The summed E-state index contributed by atoms with van der Waals surface area (Å²) in [7, 11) is 1.65. The van der Waals surface area contributed by atoms with Crippen LogP contribution in [0.3, 0.4) is 0 Å². The maximum atomic E-state index is 14.3. The van der Waals surface area contributed by atoms with Crippen molar-refractivity contribution in [2.75, 3.05) is 7.11 Å². The lowest BCUT2D eigenvalue weighted by molar-refractivity contribution is 0.414. The number of hydrogen-bond acceptors (Lipinski definition) is 4. The van der Waals surface area contributed by atoms with E-state index >= 15 is 0 Å². The molecule has 25 heavy (non-hydrogen) atoms. The maximum absolute atomic E-state index is 14.3. The molecule has 3 rings (SSSR count). The highest BCUT2D eigenvalue weighted by molar-refractivity contribution is 5.35. The SMILES string of the molecule is CCC(NCc1ccc(-n2cncn2)c(F)c1)c1ccc(OC)cc1. The molecule has 3 aromatic rings. The highest BCUT2D eigenvalue weighted by atomic mass is 19.1. The number of benzene rings is 2. The fourth-order valence-corrected chi connectivity index (χ4v) is 2.75. The number of ether oxygens (including phenoxy) is 1. The monoisotopic (exact) mass is 340 g/mol. The van der Waals surface area contributed by atoms with Crippen LogP contribution >= 0.6 is 0 Å². The lowest BCUT2D eigenvalue weighted by Gasteiger charge is -2.18. The molecule has 0 saturated heterocycles. The molecule has 0 radical (unpaired) electrons. The first-order valence-corrected chi connectivity index (χ1v) is 8.22. The minimum absolute atomic E-state index is 0.198. The van der Waals surface area contributed by atoms with E-state index in [1.165, 1.54) is 29.0 Å². The average Bonchev–Trinajstić information content (AvgIpc) is 3.17. The number of rotatable bonds is 7. The van der Waals surface area contributed by atoms with Gasteiger partial charge >= 0.3 is 0 Å². The van der Waals surface area contributed by atoms with Crippen LogP contribution in [0.1, 0.15) is 30.5 Å². The van der Waals surface area contributed by atoms with Crippen LogP contribution in [-0.4, -0.2) is 21.9 Å². The Morgan fingerprint density at radius 3 is 2.60 bits per heavy atom. The lowest BCUT2D eigenvalue weighted by Crippen LogP contribution is -2.20. The van der Waals surface area contributed by atoms with E-state index in [0.717, 1.165) is 17.7 Å². The van der Waals surface area contributed by atoms with Gasteiger partial charge < -0.3 is 10.1 Å². The third-order valence-corrected chi connectivity index (χ3v) is 4.16. The van der Waals surface area contributed by atoms with Crippen LogP contribution in [0.4, 0.5) is 4.39 Å². The van der Waals surface area contributed by atoms with Crippen molar-refractivity contribution in [3.05, 3.63) is 72.1 Å². The fourth-order valence-electron chi connectivity index (χ4n) is 2.75. The molecular weight excluding hydrogens is 319 g/mol. The number of nitrogens with zero attached hydrogens (tertiary/aromatic N) is 3. The standard InChI is InChI=1S/C19H21FN4O/c1-3-18(15-5-7-16(25-2)8-6-15)22-11-14-4-9-19(17(20)10-14)24-13-21-12-23-24/h4-10,12-13,18,22H,3,11H2,1-2H3. The topological polar surface area (TPSA) is 52.0 Å². The molecule has 0 aliphatic rings. The van der Waals surface area contributed by atoms with E-state index < -0.39 is 0 Å². The number of hydrogen-bond donors (Lipinski definition) is 1. The largest absolute Gasteiger partial charge is 0.497 e. The summed E-state index contributed by atoms with van der Waals surface area (Å²) in [5.74, 6) is 0.520. The minimum Gasteiger partial charge on any atom is -0.497 e. The predicted molar refractivity (Wildman–Crippen MR) is 94.2 cm³/mol. The van der Waals surface area contributed by atoms with Gasteiger partial charge in [-0.2, -0.15) is 5.10 Å². The molecule has 1 unspecified atom stereocenters. The highest BCUT2D eigenvalue weighted by Gasteiger charge is 2.11. The molecule has 0 aliphatic carbocycles. The summed E-state index contributed by atoms with van der Waals surface area (Å²) in [5.41, 5.74) is 2.46. The highest BCUT2D eigenvalue weighted by Crippen LogP contribution is 2.21. The smallest absolute Gasteiger partial charge is 0.149 e. The lowest BCUT2D eigenvalue weighted by atomic mass is 10.0. The van der Waals surface area contributed by atoms with Crippen molar-refractivity contribution in [3.8, 4) is 11.4 Å². The third kappa shape index (κ3) is 4.03. The Balaban J connectivity index is 1.68. The van der Waals surface area contributed by atoms with E-state index in [1.807, 2.05) is 30.3 Å². The quantitative estimate of drug-likeness (QED) is 0.713. The summed E-state index contributed by atoms with van der Waals surface area (Å²) >= 11 is 0. The molecule has 0 spiro atoms. The molecule has 5 nitrogen and oxygen atoms in total. The van der Waals surface area contributed by atoms with Gasteiger partial charge in [-0.05, 0) is 41.8 Å². The van der Waals surface area contributed by atoms with Gasteiger partial charge in [0.25, 0.3) is 0 Å². The van der Waals surface area contributed by atoms with Crippen molar-refractivity contribution in [3.63, 3.8) is 0 Å². The Bertz CT molecular complexity index is 803. The molecule has 1 aromatic heterocycles. The van der Waals surface area contributed by atoms with E-state index in [4.69, 9.17) is 4.74 Å². The molecule has 0 saturated carbocycles. The van der Waals surface area contributed by atoms with Crippen molar-refractivity contribution in [1.82, 2.24) is 20.1 Å². The van der Waals surface area contributed by atoms with Gasteiger partial charge in [0.2, 0.25) is 0 Å². The van der Waals surface area contributed by atoms with Crippen LogP contribution < -0.4 is 10.1 Å². The van der Waals surface area contributed by atoms with Gasteiger partial charge in [0, 0.05) is 12.6 Å². The zero-order chi connectivity index (χ0) is 17.6. The zero-order valence-electron chi connectivity index (χ0n) is 14.3. The van der Waals surface area contributed by atoms with Crippen molar-refractivity contribution in [2.45, 2.75) is 25.9 Å². The number of nitrogens with one attached hydrogen (secondary N) is 1. The second-order valence-corrected chi connectivity index (χ2v) is 5.74. The van der Waals surface area contributed by atoms with Gasteiger partial charge in [0.1, 0.15) is 29.9 Å². The van der Waals surface area contributed by atoms with E-state index in [9.17, 15) is 4.39 Å². The Morgan fingerprint density at radius 1 is 1.20 bits per heavy atom. The molecule has 6 heteroatoms. The van der Waals surface area contributed by atoms with Gasteiger partial charge in [-0.1, -0.05) is 25.1 Å². The molecule has 0 amide bonds. The summed E-state index contributed by atoms with van der Waals surface area (Å²) in [4.78, 5) is 3.84. The van der Waals surface area contributed by atoms with Gasteiger partial charge in [-0.15, -0.1) is 0 Å².